The van der Waals surface area contributed by atoms with Gasteiger partial charge in [0.05, 0.1) is 12.2 Å². The molecule has 1 aromatic rings. The van der Waals surface area contributed by atoms with E-state index in [-0.39, 0.29) is 12.0 Å². The topological polar surface area (TPSA) is 36.0 Å². The fourth-order valence-electron chi connectivity index (χ4n) is 4.14. The van der Waals surface area contributed by atoms with Crippen molar-refractivity contribution in [2.24, 2.45) is 0 Å². The van der Waals surface area contributed by atoms with Crippen LogP contribution in [0.25, 0.3) is 0 Å². The minimum Gasteiger partial charge on any atom is -0.477 e. The van der Waals surface area contributed by atoms with Gasteiger partial charge in [0, 0.05) is 50.8 Å². The first-order chi connectivity index (χ1) is 12.2. The Morgan fingerprint density at radius 2 is 1.84 bits per heavy atom. The standard InChI is InChI=1S/C19H27N3O2S/c1-20-14-18(24-17-5-3-2-4-16(17)20)19(23)22-8-6-15(7-9-22)21-10-12-25-13-11-21/h2-5,15,18H,6-14H2,1H3. The number of likely N-dealkylation sites (N-methyl/N-ethyl adjacent to an activating group) is 1. The Labute approximate surface area is 154 Å². The van der Waals surface area contributed by atoms with Gasteiger partial charge < -0.3 is 14.5 Å². The zero-order valence-corrected chi connectivity index (χ0v) is 15.7. The van der Waals surface area contributed by atoms with Crippen LogP contribution in [0.1, 0.15) is 12.8 Å². The van der Waals surface area contributed by atoms with E-state index >= 15 is 0 Å². The third kappa shape index (κ3) is 3.60. The van der Waals surface area contributed by atoms with Crippen molar-refractivity contribution in [1.82, 2.24) is 9.80 Å². The van der Waals surface area contributed by atoms with E-state index in [4.69, 9.17) is 4.74 Å². The highest BCUT2D eigenvalue weighted by Crippen LogP contribution is 2.32. The number of benzene rings is 1. The lowest BCUT2D eigenvalue weighted by atomic mass is 10.0. The Morgan fingerprint density at radius 1 is 1.12 bits per heavy atom. The zero-order valence-electron chi connectivity index (χ0n) is 14.9. The largest absolute Gasteiger partial charge is 0.477 e. The first-order valence-corrected chi connectivity index (χ1v) is 10.5. The number of anilines is 1. The van der Waals surface area contributed by atoms with Crippen molar-refractivity contribution in [3.05, 3.63) is 24.3 Å². The molecule has 0 bridgehead atoms. The Balaban J connectivity index is 1.35. The average molecular weight is 362 g/mol. The third-order valence-electron chi connectivity index (χ3n) is 5.60. The van der Waals surface area contributed by atoms with Gasteiger partial charge in [0.15, 0.2) is 6.10 Å². The predicted molar refractivity (Wildman–Crippen MR) is 103 cm³/mol. The van der Waals surface area contributed by atoms with Gasteiger partial charge in [0.2, 0.25) is 0 Å². The Kier molecular flexibility index (Phi) is 5.08. The molecule has 1 atom stereocenters. The van der Waals surface area contributed by atoms with Crippen LogP contribution < -0.4 is 9.64 Å². The molecule has 136 valence electrons. The molecule has 1 amide bonds. The Bertz CT molecular complexity index is 612. The summed E-state index contributed by atoms with van der Waals surface area (Å²) in [6.07, 6.45) is 1.80. The van der Waals surface area contributed by atoms with Crippen molar-refractivity contribution in [1.29, 1.82) is 0 Å². The number of rotatable bonds is 2. The molecule has 6 heteroatoms. The summed E-state index contributed by atoms with van der Waals surface area (Å²) in [6, 6.07) is 8.61. The van der Waals surface area contributed by atoms with E-state index < -0.39 is 0 Å². The second-order valence-electron chi connectivity index (χ2n) is 7.16. The Hall–Kier alpha value is -1.40. The van der Waals surface area contributed by atoms with Gasteiger partial charge in [0.1, 0.15) is 5.75 Å². The van der Waals surface area contributed by atoms with E-state index in [9.17, 15) is 4.79 Å². The first-order valence-electron chi connectivity index (χ1n) is 9.30. The lowest BCUT2D eigenvalue weighted by Crippen LogP contribution is -2.54. The molecule has 0 N–H and O–H groups in total. The number of likely N-dealkylation sites (tertiary alicyclic amines) is 1. The number of ether oxygens (including phenoxy) is 1. The highest BCUT2D eigenvalue weighted by molar-refractivity contribution is 7.99. The summed E-state index contributed by atoms with van der Waals surface area (Å²) in [6.45, 7) is 4.75. The average Bonchev–Trinajstić information content (AvgIpc) is 2.68. The number of carbonyl (C=O) groups excluding carboxylic acids is 1. The van der Waals surface area contributed by atoms with Gasteiger partial charge in [-0.2, -0.15) is 11.8 Å². The Morgan fingerprint density at radius 3 is 2.60 bits per heavy atom. The maximum absolute atomic E-state index is 12.9. The minimum atomic E-state index is -0.386. The van der Waals surface area contributed by atoms with Crippen molar-refractivity contribution in [2.75, 3.05) is 56.2 Å². The molecule has 0 spiro atoms. The van der Waals surface area contributed by atoms with Crippen molar-refractivity contribution in [3.8, 4) is 5.75 Å². The highest BCUT2D eigenvalue weighted by atomic mass is 32.2. The molecule has 4 rings (SSSR count). The molecule has 2 saturated heterocycles. The molecule has 3 aliphatic rings. The van der Waals surface area contributed by atoms with Crippen molar-refractivity contribution in [3.63, 3.8) is 0 Å². The summed E-state index contributed by atoms with van der Waals surface area (Å²) in [4.78, 5) is 19.7. The molecule has 1 aromatic carbocycles. The van der Waals surface area contributed by atoms with E-state index in [0.29, 0.717) is 12.6 Å². The first kappa shape index (κ1) is 17.0. The number of nitrogens with zero attached hydrogens (tertiary/aromatic N) is 3. The molecule has 0 saturated carbocycles. The summed E-state index contributed by atoms with van der Waals surface area (Å²) < 4.78 is 6.01. The molecule has 2 fully saturated rings. The molecule has 3 heterocycles. The number of carbonyl (C=O) groups is 1. The van der Waals surface area contributed by atoms with Crippen LogP contribution in [0.3, 0.4) is 0 Å². The van der Waals surface area contributed by atoms with E-state index in [0.717, 1.165) is 37.4 Å². The molecular formula is C19H27N3O2S. The summed E-state index contributed by atoms with van der Waals surface area (Å²) in [5.41, 5.74) is 1.06. The van der Waals surface area contributed by atoms with E-state index in [1.165, 1.54) is 24.6 Å². The van der Waals surface area contributed by atoms with Crippen LogP contribution in [0.4, 0.5) is 5.69 Å². The number of piperidine rings is 1. The quantitative estimate of drug-likeness (QED) is 0.804. The second-order valence-corrected chi connectivity index (χ2v) is 8.38. The van der Waals surface area contributed by atoms with Crippen LogP contribution in [0.5, 0.6) is 5.75 Å². The molecular weight excluding hydrogens is 334 g/mol. The van der Waals surface area contributed by atoms with E-state index in [1.807, 2.05) is 36.2 Å². The summed E-state index contributed by atoms with van der Waals surface area (Å²) in [5, 5.41) is 0. The van der Waals surface area contributed by atoms with E-state index in [1.54, 1.807) is 0 Å². The van der Waals surface area contributed by atoms with Crippen LogP contribution in [0, 0.1) is 0 Å². The van der Waals surface area contributed by atoms with Crippen LogP contribution in [0.15, 0.2) is 24.3 Å². The monoisotopic (exact) mass is 361 g/mol. The number of amides is 1. The van der Waals surface area contributed by atoms with Crippen LogP contribution in [0.2, 0.25) is 0 Å². The van der Waals surface area contributed by atoms with Crippen LogP contribution in [-0.2, 0) is 4.79 Å². The van der Waals surface area contributed by atoms with Crippen molar-refractivity contribution in [2.45, 2.75) is 25.0 Å². The van der Waals surface area contributed by atoms with Crippen LogP contribution in [-0.4, -0.2) is 79.1 Å². The molecule has 25 heavy (non-hydrogen) atoms. The molecule has 0 aliphatic carbocycles. The fraction of sp³-hybridized carbons (Fsp3) is 0.632. The van der Waals surface area contributed by atoms with Gasteiger partial charge in [-0.05, 0) is 25.0 Å². The summed E-state index contributed by atoms with van der Waals surface area (Å²) in [7, 11) is 2.03. The van der Waals surface area contributed by atoms with Crippen molar-refractivity contribution >= 4 is 23.4 Å². The SMILES string of the molecule is CN1CC(C(=O)N2CCC(N3CCSCC3)CC2)Oc2ccccc21. The summed E-state index contributed by atoms with van der Waals surface area (Å²) >= 11 is 2.05. The molecule has 3 aliphatic heterocycles. The van der Waals surface area contributed by atoms with E-state index in [2.05, 4.69) is 21.6 Å². The maximum atomic E-state index is 12.9. The second kappa shape index (κ2) is 7.46. The zero-order chi connectivity index (χ0) is 17.2. The number of para-hydroxylation sites is 2. The normalized spacial score (nSPS) is 25.4. The number of hydrogen-bond donors (Lipinski definition) is 0. The third-order valence-corrected chi connectivity index (χ3v) is 6.54. The van der Waals surface area contributed by atoms with Gasteiger partial charge >= 0.3 is 0 Å². The fourth-order valence-corrected chi connectivity index (χ4v) is 5.07. The predicted octanol–water partition coefficient (Wildman–Crippen LogP) is 1.92. The van der Waals surface area contributed by atoms with Crippen molar-refractivity contribution < 1.29 is 9.53 Å². The number of thioether (sulfide) groups is 1. The van der Waals surface area contributed by atoms with Gasteiger partial charge in [0.25, 0.3) is 5.91 Å². The molecule has 5 nitrogen and oxygen atoms in total. The van der Waals surface area contributed by atoms with Crippen LogP contribution >= 0.6 is 11.8 Å². The lowest BCUT2D eigenvalue weighted by molar-refractivity contribution is -0.140. The maximum Gasteiger partial charge on any atom is 0.265 e. The van der Waals surface area contributed by atoms with Gasteiger partial charge in [-0.1, -0.05) is 12.1 Å². The smallest absolute Gasteiger partial charge is 0.265 e. The molecule has 0 radical (unpaired) electrons. The van der Waals surface area contributed by atoms with Gasteiger partial charge in [-0.25, -0.2) is 0 Å². The molecule has 1 unspecified atom stereocenters. The molecule has 0 aromatic heterocycles. The number of hydrogen-bond acceptors (Lipinski definition) is 5. The lowest BCUT2D eigenvalue weighted by Gasteiger charge is -2.41. The highest BCUT2D eigenvalue weighted by Gasteiger charge is 2.34. The van der Waals surface area contributed by atoms with Gasteiger partial charge in [-0.3, -0.25) is 9.69 Å². The summed E-state index contributed by atoms with van der Waals surface area (Å²) in [5.74, 6) is 3.46. The number of fused-ring (bicyclic) bond motifs is 1. The minimum absolute atomic E-state index is 0.147. The van der Waals surface area contributed by atoms with Gasteiger partial charge in [-0.15, -0.1) is 0 Å².